The Morgan fingerprint density at radius 3 is 2.67 bits per heavy atom. The van der Waals surface area contributed by atoms with Gasteiger partial charge in [-0.2, -0.15) is 0 Å². The number of hydrogen-bond acceptors (Lipinski definition) is 5. The van der Waals surface area contributed by atoms with E-state index in [1.54, 1.807) is 0 Å². The van der Waals surface area contributed by atoms with E-state index in [-0.39, 0.29) is 6.01 Å². The number of alkyl halides is 2. The molecule has 7 heteroatoms. The van der Waals surface area contributed by atoms with E-state index in [2.05, 4.69) is 20.8 Å². The highest BCUT2D eigenvalue weighted by molar-refractivity contribution is 5.16. The maximum Gasteiger partial charge on any atom is 0.315 e. The molecule has 0 aliphatic rings. The van der Waals surface area contributed by atoms with Crippen molar-refractivity contribution in [3.05, 3.63) is 5.89 Å². The number of hydrogen-bond donors (Lipinski definition) is 2. The van der Waals surface area contributed by atoms with Gasteiger partial charge in [-0.05, 0) is 0 Å². The van der Waals surface area contributed by atoms with E-state index in [1.165, 1.54) is 0 Å². The summed E-state index contributed by atoms with van der Waals surface area (Å²) in [6.45, 7) is 3.90. The predicted molar refractivity (Wildman–Crippen MR) is 50.8 cm³/mol. The Bertz CT molecular complexity index is 263. The van der Waals surface area contributed by atoms with Crippen LogP contribution >= 0.6 is 0 Å². The van der Waals surface area contributed by atoms with Crippen LogP contribution in [0.2, 0.25) is 0 Å². The van der Waals surface area contributed by atoms with Crippen LogP contribution in [0.1, 0.15) is 19.7 Å². The topological polar surface area (TPSA) is 63.0 Å². The van der Waals surface area contributed by atoms with Gasteiger partial charge in [0.25, 0.3) is 6.43 Å². The number of nitrogens with one attached hydrogen (secondary N) is 2. The lowest BCUT2D eigenvalue weighted by Crippen LogP contribution is -2.21. The summed E-state index contributed by atoms with van der Waals surface area (Å²) in [5.74, 6) is 0.375. The zero-order chi connectivity index (χ0) is 11.3. The molecule has 0 saturated heterocycles. The molecule has 0 bridgehead atoms. The molecule has 0 saturated carbocycles. The van der Waals surface area contributed by atoms with Gasteiger partial charge < -0.3 is 15.1 Å². The fourth-order valence-corrected chi connectivity index (χ4v) is 0.852. The Kier molecular flexibility index (Phi) is 4.41. The molecule has 0 aliphatic heterocycles. The maximum atomic E-state index is 11.8. The summed E-state index contributed by atoms with van der Waals surface area (Å²) < 4.78 is 28.7. The van der Waals surface area contributed by atoms with Crippen molar-refractivity contribution in [3.63, 3.8) is 0 Å². The first kappa shape index (κ1) is 11.8. The van der Waals surface area contributed by atoms with E-state index in [9.17, 15) is 8.78 Å². The molecule has 1 rings (SSSR count). The van der Waals surface area contributed by atoms with Crippen molar-refractivity contribution in [2.45, 2.75) is 32.9 Å². The van der Waals surface area contributed by atoms with Crippen molar-refractivity contribution in [1.29, 1.82) is 0 Å². The molecular weight excluding hydrogens is 206 g/mol. The van der Waals surface area contributed by atoms with Crippen molar-refractivity contribution in [2.75, 3.05) is 11.9 Å². The van der Waals surface area contributed by atoms with E-state index < -0.39 is 13.0 Å². The molecule has 0 radical (unpaired) electrons. The summed E-state index contributed by atoms with van der Waals surface area (Å²) in [6, 6.07) is 0.324. The van der Waals surface area contributed by atoms with Crippen LogP contribution in [0, 0.1) is 0 Å². The summed E-state index contributed by atoms with van der Waals surface area (Å²) in [4.78, 5) is 0. The first-order valence-corrected chi connectivity index (χ1v) is 4.65. The number of nitrogens with zero attached hydrogens (tertiary/aromatic N) is 2. The molecule has 0 fully saturated rings. The van der Waals surface area contributed by atoms with Crippen LogP contribution in [0.25, 0.3) is 0 Å². The number of rotatable bonds is 6. The summed E-state index contributed by atoms with van der Waals surface area (Å²) in [5, 5.41) is 12.6. The minimum atomic E-state index is -2.44. The highest BCUT2D eigenvalue weighted by atomic mass is 19.3. The van der Waals surface area contributed by atoms with Crippen molar-refractivity contribution >= 4 is 6.01 Å². The molecule has 0 spiro atoms. The van der Waals surface area contributed by atoms with Gasteiger partial charge in [-0.3, -0.25) is 0 Å². The number of anilines is 1. The lowest BCUT2D eigenvalue weighted by molar-refractivity contribution is 0.162. The second-order valence-electron chi connectivity index (χ2n) is 3.31. The molecule has 15 heavy (non-hydrogen) atoms. The van der Waals surface area contributed by atoms with Crippen LogP contribution in [-0.4, -0.2) is 29.2 Å². The number of aromatic nitrogens is 2. The lowest BCUT2D eigenvalue weighted by atomic mass is 10.4. The van der Waals surface area contributed by atoms with Gasteiger partial charge in [0.2, 0.25) is 5.89 Å². The van der Waals surface area contributed by atoms with E-state index >= 15 is 0 Å². The van der Waals surface area contributed by atoms with E-state index in [0.717, 1.165) is 0 Å². The van der Waals surface area contributed by atoms with Gasteiger partial charge >= 0.3 is 6.01 Å². The molecule has 1 aromatic rings. The van der Waals surface area contributed by atoms with E-state index in [1.807, 2.05) is 13.8 Å². The SMILES string of the molecule is CC(C)NCc1nnc(NCC(F)F)o1. The van der Waals surface area contributed by atoms with Crippen LogP contribution in [0.15, 0.2) is 4.42 Å². The second-order valence-corrected chi connectivity index (χ2v) is 3.31. The molecule has 0 aromatic carbocycles. The highest BCUT2D eigenvalue weighted by Gasteiger charge is 2.08. The van der Waals surface area contributed by atoms with Gasteiger partial charge in [-0.1, -0.05) is 18.9 Å². The summed E-state index contributed by atoms with van der Waals surface area (Å²) >= 11 is 0. The predicted octanol–water partition coefficient (Wildman–Crippen LogP) is 1.24. The monoisotopic (exact) mass is 220 g/mol. The minimum Gasteiger partial charge on any atom is -0.407 e. The van der Waals surface area contributed by atoms with Gasteiger partial charge in [0, 0.05) is 6.04 Å². The average Bonchev–Trinajstić information content (AvgIpc) is 2.59. The fraction of sp³-hybridized carbons (Fsp3) is 0.750. The molecule has 5 nitrogen and oxygen atoms in total. The standard InChI is InChI=1S/C8H14F2N4O/c1-5(2)11-4-7-13-14-8(15-7)12-3-6(9)10/h5-6,11H,3-4H2,1-2H3,(H,12,14). The average molecular weight is 220 g/mol. The van der Waals surface area contributed by atoms with Gasteiger partial charge in [0.15, 0.2) is 0 Å². The van der Waals surface area contributed by atoms with Crippen LogP contribution in [0.3, 0.4) is 0 Å². The second kappa shape index (κ2) is 5.59. The van der Waals surface area contributed by atoms with Crippen molar-refractivity contribution in [1.82, 2.24) is 15.5 Å². The molecule has 1 aromatic heterocycles. The number of halogens is 2. The Balaban J connectivity index is 2.35. The van der Waals surface area contributed by atoms with E-state index in [0.29, 0.717) is 18.5 Å². The van der Waals surface area contributed by atoms with Crippen LogP contribution < -0.4 is 10.6 Å². The van der Waals surface area contributed by atoms with Crippen molar-refractivity contribution in [3.8, 4) is 0 Å². The Morgan fingerprint density at radius 1 is 1.33 bits per heavy atom. The quantitative estimate of drug-likeness (QED) is 0.755. The Morgan fingerprint density at radius 2 is 2.07 bits per heavy atom. The summed E-state index contributed by atoms with van der Waals surface area (Å²) in [5.41, 5.74) is 0. The van der Waals surface area contributed by atoms with E-state index in [4.69, 9.17) is 4.42 Å². The fourth-order valence-electron chi connectivity index (χ4n) is 0.852. The summed E-state index contributed by atoms with van der Waals surface area (Å²) in [6.07, 6.45) is -2.44. The van der Waals surface area contributed by atoms with Crippen LogP contribution in [0.4, 0.5) is 14.8 Å². The smallest absolute Gasteiger partial charge is 0.315 e. The first-order chi connectivity index (χ1) is 7.08. The zero-order valence-corrected chi connectivity index (χ0v) is 8.63. The third kappa shape index (κ3) is 4.68. The molecule has 0 amide bonds. The third-order valence-electron chi connectivity index (χ3n) is 1.54. The Labute approximate surface area is 86.3 Å². The zero-order valence-electron chi connectivity index (χ0n) is 8.63. The highest BCUT2D eigenvalue weighted by Crippen LogP contribution is 2.06. The van der Waals surface area contributed by atoms with Crippen LogP contribution in [0.5, 0.6) is 0 Å². The normalized spacial score (nSPS) is 11.3. The van der Waals surface area contributed by atoms with Gasteiger partial charge in [-0.25, -0.2) is 8.78 Å². The van der Waals surface area contributed by atoms with Crippen LogP contribution in [-0.2, 0) is 6.54 Å². The summed E-state index contributed by atoms with van der Waals surface area (Å²) in [7, 11) is 0. The molecule has 0 aliphatic carbocycles. The molecule has 86 valence electrons. The molecule has 1 heterocycles. The maximum absolute atomic E-state index is 11.8. The molecule has 0 unspecified atom stereocenters. The molecular formula is C8H14F2N4O. The van der Waals surface area contributed by atoms with Crippen molar-refractivity contribution < 1.29 is 13.2 Å². The van der Waals surface area contributed by atoms with Gasteiger partial charge in [-0.15, -0.1) is 5.10 Å². The first-order valence-electron chi connectivity index (χ1n) is 4.65. The van der Waals surface area contributed by atoms with Gasteiger partial charge in [0.1, 0.15) is 0 Å². The Hall–Kier alpha value is -1.24. The van der Waals surface area contributed by atoms with Gasteiger partial charge in [0.05, 0.1) is 13.1 Å². The lowest BCUT2D eigenvalue weighted by Gasteiger charge is -2.03. The molecule has 2 N–H and O–H groups in total. The van der Waals surface area contributed by atoms with Crippen molar-refractivity contribution in [2.24, 2.45) is 0 Å². The minimum absolute atomic E-state index is 0.0239. The third-order valence-corrected chi connectivity index (χ3v) is 1.54. The largest absolute Gasteiger partial charge is 0.407 e. The molecule has 0 atom stereocenters.